The SMILES string of the molecule is CCCn1cccc1CNc1ccc(OC)c(OC)c1. The van der Waals surface area contributed by atoms with Crippen LogP contribution in [0.3, 0.4) is 0 Å². The van der Waals surface area contributed by atoms with E-state index in [0.29, 0.717) is 0 Å². The Morgan fingerprint density at radius 1 is 1.10 bits per heavy atom. The summed E-state index contributed by atoms with van der Waals surface area (Å²) in [6.45, 7) is 4.03. The molecule has 0 saturated heterocycles. The second-order valence-corrected chi connectivity index (χ2v) is 4.62. The fourth-order valence-corrected chi connectivity index (χ4v) is 2.21. The van der Waals surface area contributed by atoms with Gasteiger partial charge in [-0.1, -0.05) is 6.92 Å². The lowest BCUT2D eigenvalue weighted by atomic mass is 10.2. The summed E-state index contributed by atoms with van der Waals surface area (Å²) in [6, 6.07) is 10.1. The minimum absolute atomic E-state index is 0.737. The van der Waals surface area contributed by atoms with Crippen LogP contribution < -0.4 is 14.8 Å². The zero-order valence-corrected chi connectivity index (χ0v) is 12.3. The normalized spacial score (nSPS) is 10.3. The van der Waals surface area contributed by atoms with Gasteiger partial charge in [0.2, 0.25) is 0 Å². The molecular weight excluding hydrogens is 252 g/mol. The third-order valence-electron chi connectivity index (χ3n) is 3.25. The molecule has 0 aliphatic heterocycles. The van der Waals surface area contributed by atoms with Crippen molar-refractivity contribution in [2.24, 2.45) is 0 Å². The molecule has 1 aromatic carbocycles. The second kappa shape index (κ2) is 6.89. The van der Waals surface area contributed by atoms with E-state index in [0.717, 1.165) is 36.7 Å². The van der Waals surface area contributed by atoms with Crippen molar-refractivity contribution in [3.8, 4) is 11.5 Å². The first-order valence-electron chi connectivity index (χ1n) is 6.88. The molecule has 20 heavy (non-hydrogen) atoms. The second-order valence-electron chi connectivity index (χ2n) is 4.62. The molecule has 0 fully saturated rings. The van der Waals surface area contributed by atoms with Crippen LogP contribution in [-0.4, -0.2) is 18.8 Å². The highest BCUT2D eigenvalue weighted by molar-refractivity contribution is 5.54. The van der Waals surface area contributed by atoms with Gasteiger partial charge < -0.3 is 19.4 Å². The minimum atomic E-state index is 0.737. The van der Waals surface area contributed by atoms with Crippen molar-refractivity contribution < 1.29 is 9.47 Å². The van der Waals surface area contributed by atoms with Gasteiger partial charge in [0.1, 0.15) is 0 Å². The Bertz CT molecular complexity index is 549. The summed E-state index contributed by atoms with van der Waals surface area (Å²) in [5.41, 5.74) is 2.30. The van der Waals surface area contributed by atoms with Crippen LogP contribution in [0.25, 0.3) is 0 Å². The molecule has 2 aromatic rings. The van der Waals surface area contributed by atoms with Gasteiger partial charge in [0.25, 0.3) is 0 Å². The largest absolute Gasteiger partial charge is 0.493 e. The number of rotatable bonds is 7. The molecule has 4 heteroatoms. The molecule has 0 spiro atoms. The number of methoxy groups -OCH3 is 2. The quantitative estimate of drug-likeness (QED) is 0.839. The van der Waals surface area contributed by atoms with Crippen molar-refractivity contribution in [3.05, 3.63) is 42.2 Å². The molecule has 0 aliphatic rings. The van der Waals surface area contributed by atoms with Crippen molar-refractivity contribution in [1.29, 1.82) is 0 Å². The number of ether oxygens (including phenoxy) is 2. The topological polar surface area (TPSA) is 35.4 Å². The number of aryl methyl sites for hydroxylation is 1. The van der Waals surface area contributed by atoms with E-state index in [2.05, 4.69) is 35.1 Å². The molecule has 0 atom stereocenters. The van der Waals surface area contributed by atoms with Gasteiger partial charge in [0.15, 0.2) is 11.5 Å². The summed E-state index contributed by atoms with van der Waals surface area (Å²) < 4.78 is 12.8. The molecule has 0 unspecified atom stereocenters. The first kappa shape index (κ1) is 14.3. The molecule has 1 heterocycles. The van der Waals surface area contributed by atoms with Crippen molar-refractivity contribution in [1.82, 2.24) is 4.57 Å². The van der Waals surface area contributed by atoms with Gasteiger partial charge in [-0.3, -0.25) is 0 Å². The average Bonchev–Trinajstić information content (AvgIpc) is 2.92. The first-order valence-corrected chi connectivity index (χ1v) is 6.88. The van der Waals surface area contributed by atoms with Gasteiger partial charge in [-0.15, -0.1) is 0 Å². The third-order valence-corrected chi connectivity index (χ3v) is 3.25. The standard InChI is InChI=1S/C16H22N2O2/c1-4-9-18-10-5-6-14(18)12-17-13-7-8-15(19-2)16(11-13)20-3/h5-8,10-11,17H,4,9,12H2,1-3H3. The summed E-state index contributed by atoms with van der Waals surface area (Å²) in [5, 5.41) is 3.42. The van der Waals surface area contributed by atoms with Crippen LogP contribution in [0.2, 0.25) is 0 Å². The molecular formula is C16H22N2O2. The maximum atomic E-state index is 5.31. The molecule has 0 radical (unpaired) electrons. The van der Waals surface area contributed by atoms with Gasteiger partial charge in [-0.2, -0.15) is 0 Å². The molecule has 4 nitrogen and oxygen atoms in total. The predicted octanol–water partition coefficient (Wildman–Crippen LogP) is 3.53. The van der Waals surface area contributed by atoms with Crippen molar-refractivity contribution in [2.45, 2.75) is 26.4 Å². The Balaban J connectivity index is 2.05. The highest BCUT2D eigenvalue weighted by Gasteiger charge is 2.05. The van der Waals surface area contributed by atoms with Crippen LogP contribution in [-0.2, 0) is 13.1 Å². The Hall–Kier alpha value is -2.10. The average molecular weight is 274 g/mol. The highest BCUT2D eigenvalue weighted by Crippen LogP contribution is 2.29. The lowest BCUT2D eigenvalue weighted by Gasteiger charge is -2.12. The van der Waals surface area contributed by atoms with Crippen LogP contribution in [0.4, 0.5) is 5.69 Å². The van der Waals surface area contributed by atoms with E-state index in [1.807, 2.05) is 18.2 Å². The van der Waals surface area contributed by atoms with Crippen LogP contribution >= 0.6 is 0 Å². The van der Waals surface area contributed by atoms with Gasteiger partial charge in [0.05, 0.1) is 20.8 Å². The van der Waals surface area contributed by atoms with Gasteiger partial charge in [-0.05, 0) is 30.7 Å². The van der Waals surface area contributed by atoms with Crippen LogP contribution in [0.15, 0.2) is 36.5 Å². The van der Waals surface area contributed by atoms with Gasteiger partial charge in [0, 0.05) is 30.2 Å². The number of nitrogens with one attached hydrogen (secondary N) is 1. The fraction of sp³-hybridized carbons (Fsp3) is 0.375. The van der Waals surface area contributed by atoms with Crippen molar-refractivity contribution >= 4 is 5.69 Å². The van der Waals surface area contributed by atoms with Crippen LogP contribution in [0.1, 0.15) is 19.0 Å². The number of hydrogen-bond acceptors (Lipinski definition) is 3. The Morgan fingerprint density at radius 3 is 2.60 bits per heavy atom. The summed E-state index contributed by atoms with van der Waals surface area (Å²) in [7, 11) is 3.29. The first-order chi connectivity index (χ1) is 9.78. The number of anilines is 1. The molecule has 1 N–H and O–H groups in total. The van der Waals surface area contributed by atoms with Crippen LogP contribution in [0, 0.1) is 0 Å². The van der Waals surface area contributed by atoms with E-state index in [4.69, 9.17) is 9.47 Å². The number of nitrogens with zero attached hydrogens (tertiary/aromatic N) is 1. The summed E-state index contributed by atoms with van der Waals surface area (Å²) in [4.78, 5) is 0. The predicted molar refractivity (Wildman–Crippen MR) is 81.6 cm³/mol. The maximum Gasteiger partial charge on any atom is 0.162 e. The molecule has 2 rings (SSSR count). The lowest BCUT2D eigenvalue weighted by Crippen LogP contribution is -2.07. The number of hydrogen-bond donors (Lipinski definition) is 1. The van der Waals surface area contributed by atoms with Gasteiger partial charge >= 0.3 is 0 Å². The fourth-order valence-electron chi connectivity index (χ4n) is 2.21. The Morgan fingerprint density at radius 2 is 1.90 bits per heavy atom. The summed E-state index contributed by atoms with van der Waals surface area (Å²) in [6.07, 6.45) is 3.26. The smallest absolute Gasteiger partial charge is 0.162 e. The molecule has 0 bridgehead atoms. The van der Waals surface area contributed by atoms with E-state index < -0.39 is 0 Å². The van der Waals surface area contributed by atoms with E-state index in [1.54, 1.807) is 14.2 Å². The molecule has 108 valence electrons. The zero-order chi connectivity index (χ0) is 14.4. The molecule has 0 amide bonds. The monoisotopic (exact) mass is 274 g/mol. The molecule has 0 saturated carbocycles. The van der Waals surface area contributed by atoms with E-state index in [1.165, 1.54) is 5.69 Å². The number of aromatic nitrogens is 1. The van der Waals surface area contributed by atoms with Crippen molar-refractivity contribution in [2.75, 3.05) is 19.5 Å². The Kier molecular flexibility index (Phi) is 4.93. The molecule has 0 aliphatic carbocycles. The Labute approximate surface area is 120 Å². The van der Waals surface area contributed by atoms with Crippen molar-refractivity contribution in [3.63, 3.8) is 0 Å². The van der Waals surface area contributed by atoms with E-state index in [-0.39, 0.29) is 0 Å². The highest BCUT2D eigenvalue weighted by atomic mass is 16.5. The van der Waals surface area contributed by atoms with E-state index in [9.17, 15) is 0 Å². The molecule has 1 aromatic heterocycles. The van der Waals surface area contributed by atoms with Crippen LogP contribution in [0.5, 0.6) is 11.5 Å². The minimum Gasteiger partial charge on any atom is -0.493 e. The number of benzene rings is 1. The zero-order valence-electron chi connectivity index (χ0n) is 12.3. The maximum absolute atomic E-state index is 5.31. The van der Waals surface area contributed by atoms with Gasteiger partial charge in [-0.25, -0.2) is 0 Å². The summed E-state index contributed by atoms with van der Waals surface area (Å²) in [5.74, 6) is 1.48. The lowest BCUT2D eigenvalue weighted by molar-refractivity contribution is 0.355. The summed E-state index contributed by atoms with van der Waals surface area (Å²) >= 11 is 0. The third kappa shape index (κ3) is 3.26. The van der Waals surface area contributed by atoms with E-state index >= 15 is 0 Å².